The first-order valence-electron chi connectivity index (χ1n) is 28.6. The van der Waals surface area contributed by atoms with Crippen molar-refractivity contribution in [3.05, 3.63) is 77.9 Å². The lowest BCUT2D eigenvalue weighted by atomic mass is 9.98. The number of phenolic OH excluding ortho intramolecular Hbond substituents is 2. The van der Waals surface area contributed by atoms with Gasteiger partial charge in [0.05, 0.1) is 43.2 Å². The van der Waals surface area contributed by atoms with Crippen LogP contribution in [0.2, 0.25) is 0 Å². The van der Waals surface area contributed by atoms with Crippen LogP contribution in [0.5, 0.6) is 17.2 Å². The van der Waals surface area contributed by atoms with Gasteiger partial charge in [-0.3, -0.25) is 33.6 Å². The minimum Gasteiger partial charge on any atom is -0.504 e. The van der Waals surface area contributed by atoms with Gasteiger partial charge in [0.1, 0.15) is 52.0 Å². The maximum Gasteiger partial charge on any atom is 0.251 e. The minimum atomic E-state index is -2.06. The largest absolute Gasteiger partial charge is 0.504 e. The number of carbonyl (C=O) groups is 7. The average molecular weight is 1220 g/mol. The van der Waals surface area contributed by atoms with E-state index < -0.39 is 164 Å². The molecule has 7 amide bonds. The molecule has 27 nitrogen and oxygen atoms in total. The average Bonchev–Trinajstić information content (AvgIpc) is 4.40. The van der Waals surface area contributed by atoms with E-state index in [4.69, 9.17) is 15.2 Å². The summed E-state index contributed by atoms with van der Waals surface area (Å²) in [7, 11) is 1.70. The number of benzene rings is 3. The number of nitrogens with zero attached hydrogens (tertiary/aromatic N) is 4. The highest BCUT2D eigenvalue weighted by Gasteiger charge is 2.50. The van der Waals surface area contributed by atoms with Crippen LogP contribution in [0.25, 0.3) is 21.1 Å². The Hall–Kier alpha value is -7.41. The molecule has 0 spiro atoms. The van der Waals surface area contributed by atoms with Crippen LogP contribution in [-0.4, -0.2) is 222 Å². The molecule has 0 unspecified atom stereocenters. The van der Waals surface area contributed by atoms with Gasteiger partial charge in [-0.2, -0.15) is 0 Å². The third-order valence-electron chi connectivity index (χ3n) is 15.4. The van der Waals surface area contributed by atoms with Gasteiger partial charge in [-0.05, 0) is 86.8 Å². The van der Waals surface area contributed by atoms with E-state index in [0.717, 1.165) is 78.9 Å². The number of phenols is 2. The predicted molar refractivity (Wildman–Crippen MR) is 310 cm³/mol. The van der Waals surface area contributed by atoms with Crippen LogP contribution in [0.1, 0.15) is 81.1 Å². The van der Waals surface area contributed by atoms with Crippen LogP contribution in [0, 0.1) is 5.92 Å². The lowest BCUT2D eigenvalue weighted by Crippen LogP contribution is -2.64. The Morgan fingerprint density at radius 3 is 1.98 bits per heavy atom. The number of unbranched alkanes of at least 4 members (excludes halogenated alkanes) is 4. The number of ether oxygens (including phenoxy) is 2. The maximum atomic E-state index is 14.6. The number of rotatable bonds is 20. The minimum absolute atomic E-state index is 0.0303. The van der Waals surface area contributed by atoms with Gasteiger partial charge in [0.2, 0.25) is 35.4 Å². The van der Waals surface area contributed by atoms with Crippen LogP contribution in [-0.2, 0) is 39.9 Å². The summed E-state index contributed by atoms with van der Waals surface area (Å²) in [6, 6.07) is 6.09. The van der Waals surface area contributed by atoms with Crippen molar-refractivity contribution in [1.82, 2.24) is 46.6 Å². The molecule has 86 heavy (non-hydrogen) atoms. The number of aliphatic hydroxyl groups is 6. The number of carbonyl (C=O) groups excluding carboxylic acids is 7. The van der Waals surface area contributed by atoms with Gasteiger partial charge in [-0.1, -0.05) is 55.7 Å². The molecule has 0 bridgehead atoms. The normalized spacial score (nSPS) is 25.6. The smallest absolute Gasteiger partial charge is 0.251 e. The van der Waals surface area contributed by atoms with Crippen LogP contribution < -0.4 is 37.1 Å². The second-order valence-corrected chi connectivity index (χ2v) is 23.0. The third-order valence-corrected chi connectivity index (χ3v) is 16.4. The van der Waals surface area contributed by atoms with E-state index in [1.54, 1.807) is 19.2 Å². The molecule has 0 aliphatic carbocycles. The number of hydrogen-bond donors (Lipinski definition) is 14. The van der Waals surface area contributed by atoms with Crippen LogP contribution >= 0.6 is 11.3 Å². The van der Waals surface area contributed by atoms with Gasteiger partial charge in [0.25, 0.3) is 5.91 Å². The number of nitrogens with one attached hydrogen (secondary N) is 5. The summed E-state index contributed by atoms with van der Waals surface area (Å²) in [5.74, 6) is -8.81. The van der Waals surface area contributed by atoms with E-state index in [1.165, 1.54) is 36.5 Å². The van der Waals surface area contributed by atoms with Crippen LogP contribution in [0.3, 0.4) is 0 Å². The quantitative estimate of drug-likeness (QED) is 0.0356. The molecule has 13 atom stereocenters. The Balaban J connectivity index is 1.14. The molecule has 4 aromatic rings. The fourth-order valence-corrected chi connectivity index (χ4v) is 11.4. The van der Waals surface area contributed by atoms with Crippen LogP contribution in [0.4, 0.5) is 0 Å². The van der Waals surface area contributed by atoms with Gasteiger partial charge in [-0.25, -0.2) is 0 Å². The summed E-state index contributed by atoms with van der Waals surface area (Å²) < 4.78 is 11.0. The summed E-state index contributed by atoms with van der Waals surface area (Å²) in [6.45, 7) is 2.30. The number of hydrogen-bond acceptors (Lipinski definition) is 21. The van der Waals surface area contributed by atoms with Crippen molar-refractivity contribution in [2.45, 2.75) is 145 Å². The molecule has 15 N–H and O–H groups in total. The Labute approximate surface area is 500 Å². The number of amides is 7. The summed E-state index contributed by atoms with van der Waals surface area (Å²) in [5.41, 5.74) is 7.34. The number of β-amino-alcohol motifs (C(OH)–C–C–N with tert-alkyl or cyclic N) is 1. The SMILES string of the molecule is COCCCCCCCOc1ccc(-c2nnc(-c3ccc(C(=O)N[C@H]4C[C@H](O)CNC(=O)[C@@H]5[C@@H](O)[C@H](C)CN5C(=O)[C@H]([C@H](O)CCN)NC(=O)[C@H]([C@H](O)Cc5ccc(O)c(O)c5)NC(=O)[C@@H]5C[C@H](O)CN5C(=O)[C@H]([C@H](C)O)NC4=O)cc3)s2)cc1. The van der Waals surface area contributed by atoms with Crippen molar-refractivity contribution in [3.8, 4) is 38.4 Å². The lowest BCUT2D eigenvalue weighted by molar-refractivity contribution is -0.147. The van der Waals surface area contributed by atoms with Gasteiger partial charge in [-0.15, -0.1) is 10.2 Å². The van der Waals surface area contributed by atoms with Gasteiger partial charge >= 0.3 is 0 Å². The molecule has 3 saturated heterocycles. The number of nitrogens with two attached hydrogens (primary N) is 1. The highest BCUT2D eigenvalue weighted by Crippen LogP contribution is 2.32. The molecule has 0 radical (unpaired) electrons. The first kappa shape index (κ1) is 66.1. The summed E-state index contributed by atoms with van der Waals surface area (Å²) in [4.78, 5) is 102. The molecule has 4 heterocycles. The van der Waals surface area contributed by atoms with Crippen molar-refractivity contribution >= 4 is 52.7 Å². The monoisotopic (exact) mass is 1220 g/mol. The van der Waals surface area contributed by atoms with Crippen molar-refractivity contribution in [3.63, 3.8) is 0 Å². The Morgan fingerprint density at radius 2 is 1.34 bits per heavy atom. The first-order valence-corrected chi connectivity index (χ1v) is 29.5. The summed E-state index contributed by atoms with van der Waals surface area (Å²) in [5, 5.41) is 110. The van der Waals surface area contributed by atoms with Crippen molar-refractivity contribution < 1.29 is 83.9 Å². The molecular formula is C58H78N10O17S. The fourth-order valence-electron chi connectivity index (χ4n) is 10.5. The van der Waals surface area contributed by atoms with Crippen molar-refractivity contribution in [1.29, 1.82) is 0 Å². The molecule has 0 saturated carbocycles. The number of aliphatic hydroxyl groups excluding tert-OH is 6. The highest BCUT2D eigenvalue weighted by molar-refractivity contribution is 7.17. The molecule has 28 heteroatoms. The zero-order chi connectivity index (χ0) is 62.4. The second-order valence-electron chi connectivity index (χ2n) is 22.0. The highest BCUT2D eigenvalue weighted by atomic mass is 32.1. The van der Waals surface area contributed by atoms with Crippen LogP contribution in [0.15, 0.2) is 66.7 Å². The molecule has 3 aromatic carbocycles. The molecule has 1 aromatic heterocycles. The van der Waals surface area contributed by atoms with E-state index in [1.807, 2.05) is 24.3 Å². The second kappa shape index (κ2) is 30.8. The standard InChI is InChI=1S/C58H78N10O17S/c1-30-28-68-48(49(30)76)54(81)60-27-36(70)25-39(61-50(77)33-10-12-34(13-11-33)55-65-66-56(86-55)35-14-16-38(17-15-35)85-22-8-6-4-5-7-21-84-3)51(78)62-45(31(2)69)57(82)67-29-37(71)26-40(67)52(79)63-46(44(75)24-32-9-18-41(72)43(74)23-32)53(80)64-47(58(68)83)42(73)19-20-59/h9-18,23,30-31,36-37,39-40,42,44-49,69-76H,4-8,19-22,24-29,59H2,1-3H3,(H,60,81)(H,61,77)(H,62,78)(H,63,79)(H,64,80)/t30-,31+,36+,37+,39+,40+,42-,44-,45+,46+,47+,48+,49+/m1/s1. The number of methoxy groups -OCH3 is 1. The Morgan fingerprint density at radius 1 is 0.721 bits per heavy atom. The summed E-state index contributed by atoms with van der Waals surface area (Å²) in [6.07, 6.45) is -6.73. The first-order chi connectivity index (χ1) is 41.1. The van der Waals surface area contributed by atoms with Gasteiger partial charge in [0.15, 0.2) is 11.5 Å². The lowest BCUT2D eigenvalue weighted by Gasteiger charge is -2.34. The van der Waals surface area contributed by atoms with E-state index in [-0.39, 0.29) is 30.6 Å². The van der Waals surface area contributed by atoms with E-state index in [2.05, 4.69) is 36.8 Å². The number of aromatic hydroxyl groups is 2. The maximum absolute atomic E-state index is 14.6. The topological polar surface area (TPSA) is 418 Å². The molecule has 3 fully saturated rings. The van der Waals surface area contributed by atoms with Crippen molar-refractivity contribution in [2.24, 2.45) is 11.7 Å². The Bertz CT molecular complexity index is 2970. The van der Waals surface area contributed by atoms with E-state index in [0.29, 0.717) is 22.2 Å². The fraction of sp³-hybridized carbons (Fsp3) is 0.534. The zero-order valence-corrected chi connectivity index (χ0v) is 48.8. The van der Waals surface area contributed by atoms with E-state index in [9.17, 15) is 74.4 Å². The Kier molecular flexibility index (Phi) is 23.7. The molecule has 7 rings (SSSR count). The molecule has 3 aliphatic rings. The zero-order valence-electron chi connectivity index (χ0n) is 48.0. The third kappa shape index (κ3) is 17.0. The predicted octanol–water partition coefficient (Wildman–Crippen LogP) is -1.44. The van der Waals surface area contributed by atoms with Gasteiger partial charge < -0.3 is 92.4 Å². The summed E-state index contributed by atoms with van der Waals surface area (Å²) >= 11 is 1.30. The number of aromatic nitrogens is 2. The molecule has 3 aliphatic heterocycles. The number of fused-ring (bicyclic) bond motifs is 2. The molecule has 468 valence electrons. The van der Waals surface area contributed by atoms with Gasteiger partial charge in [0, 0.05) is 75.2 Å². The van der Waals surface area contributed by atoms with E-state index >= 15 is 0 Å². The van der Waals surface area contributed by atoms with Crippen molar-refractivity contribution in [2.75, 3.05) is 46.5 Å². The molecular weight excluding hydrogens is 1140 g/mol.